The number of hydrogen-bond donors (Lipinski definition) is 1. The van der Waals surface area contributed by atoms with Gasteiger partial charge in [-0.25, -0.2) is 4.79 Å². The third-order valence-electron chi connectivity index (χ3n) is 5.89. The van der Waals surface area contributed by atoms with Crippen molar-refractivity contribution in [2.24, 2.45) is 7.05 Å². The molecule has 190 valence electrons. The molecule has 0 fully saturated rings. The van der Waals surface area contributed by atoms with Crippen molar-refractivity contribution in [1.82, 2.24) is 14.5 Å². The van der Waals surface area contributed by atoms with Gasteiger partial charge in [0.2, 0.25) is 0 Å². The highest BCUT2D eigenvalue weighted by molar-refractivity contribution is 7.84. The molecule has 1 N–H and O–H groups in total. The fraction of sp³-hybridized carbons (Fsp3) is 0.259. The topological polar surface area (TPSA) is 84.7 Å². The van der Waals surface area contributed by atoms with Gasteiger partial charge >= 0.3 is 5.97 Å². The summed E-state index contributed by atoms with van der Waals surface area (Å²) in [7, 11) is 4.28. The molecule has 0 aliphatic heterocycles. The Bertz CT molecular complexity index is 1390. The molecule has 2 heterocycles. The highest BCUT2D eigenvalue weighted by atomic mass is 35.5. The van der Waals surface area contributed by atoms with Gasteiger partial charge < -0.3 is 19.3 Å². The van der Waals surface area contributed by atoms with Crippen LogP contribution in [0.4, 0.5) is 0 Å². The number of pyridine rings is 1. The molecule has 0 saturated carbocycles. The predicted molar refractivity (Wildman–Crippen MR) is 145 cm³/mol. The number of hydrogen-bond acceptors (Lipinski definition) is 6. The Morgan fingerprint density at radius 1 is 1.17 bits per heavy atom. The summed E-state index contributed by atoms with van der Waals surface area (Å²) >= 11 is 0. The molecule has 0 bridgehead atoms. The van der Waals surface area contributed by atoms with E-state index >= 15 is 0 Å². The van der Waals surface area contributed by atoms with Gasteiger partial charge in [0.15, 0.2) is 0 Å². The molecule has 0 saturated heterocycles. The van der Waals surface area contributed by atoms with Gasteiger partial charge in [-0.2, -0.15) is 0 Å². The predicted octanol–water partition coefficient (Wildman–Crippen LogP) is 4.91. The zero-order valence-corrected chi connectivity index (χ0v) is 22.4. The third kappa shape index (κ3) is 5.31. The fourth-order valence-corrected chi connectivity index (χ4v) is 5.51. The highest BCUT2D eigenvalue weighted by Gasteiger charge is 2.29. The third-order valence-corrected chi connectivity index (χ3v) is 7.22. The summed E-state index contributed by atoms with van der Waals surface area (Å²) < 4.78 is 20.6. The number of rotatable bonds is 8. The van der Waals surface area contributed by atoms with Gasteiger partial charge in [0, 0.05) is 58.7 Å². The summed E-state index contributed by atoms with van der Waals surface area (Å²) in [6, 6.07) is 14.7. The monoisotopic (exact) mass is 527 g/mol. The number of aromatic hydroxyl groups is 1. The van der Waals surface area contributed by atoms with E-state index in [0.717, 1.165) is 11.1 Å². The van der Waals surface area contributed by atoms with Gasteiger partial charge in [0.25, 0.3) is 0 Å². The standard InChI is InChI=1S/C27H29N3O4S.ClH/c1-5-34-27(32)25-23(17-35(33)19-11-7-6-8-12-19)30(4)22-14-20(18-10-9-13-28-15-18)26(31)21(24(22)25)16-29(2)3;/h6-15,31H,5,16-17H2,1-4H3;1H. The second kappa shape index (κ2) is 11.7. The lowest BCUT2D eigenvalue weighted by atomic mass is 9.96. The number of aromatic nitrogens is 2. The maximum absolute atomic E-state index is 13.3. The molecule has 1 atom stereocenters. The van der Waals surface area contributed by atoms with E-state index in [9.17, 15) is 14.1 Å². The second-order valence-electron chi connectivity index (χ2n) is 8.53. The number of ether oxygens (including phenoxy) is 1. The lowest BCUT2D eigenvalue weighted by Gasteiger charge is -2.17. The molecule has 7 nitrogen and oxygen atoms in total. The summed E-state index contributed by atoms with van der Waals surface area (Å²) in [6.45, 7) is 2.36. The van der Waals surface area contributed by atoms with Gasteiger partial charge in [-0.05, 0) is 45.3 Å². The van der Waals surface area contributed by atoms with Crippen LogP contribution in [-0.4, -0.2) is 50.4 Å². The highest BCUT2D eigenvalue weighted by Crippen LogP contribution is 2.42. The van der Waals surface area contributed by atoms with Gasteiger partial charge in [0.05, 0.1) is 34.2 Å². The largest absolute Gasteiger partial charge is 0.507 e. The molecule has 0 aliphatic carbocycles. The molecule has 1 unspecified atom stereocenters. The molecule has 0 radical (unpaired) electrons. The maximum Gasteiger partial charge on any atom is 0.340 e. The number of fused-ring (bicyclic) bond motifs is 1. The van der Waals surface area contributed by atoms with Crippen molar-refractivity contribution in [3.63, 3.8) is 0 Å². The first-order chi connectivity index (χ1) is 16.8. The zero-order valence-electron chi connectivity index (χ0n) is 20.7. The Kier molecular flexibility index (Phi) is 8.89. The minimum Gasteiger partial charge on any atom is -0.507 e. The van der Waals surface area contributed by atoms with Gasteiger partial charge in [-0.3, -0.25) is 9.19 Å². The first kappa shape index (κ1) is 27.4. The lowest BCUT2D eigenvalue weighted by molar-refractivity contribution is 0.0527. The Morgan fingerprint density at radius 2 is 1.89 bits per heavy atom. The zero-order chi connectivity index (χ0) is 25.1. The number of aryl methyl sites for hydroxylation is 1. The van der Waals surface area contributed by atoms with Crippen LogP contribution in [0.15, 0.2) is 65.8 Å². The van der Waals surface area contributed by atoms with E-state index in [-0.39, 0.29) is 30.5 Å². The molecule has 4 rings (SSSR count). The molecule has 2 aromatic heterocycles. The lowest BCUT2D eigenvalue weighted by Crippen LogP contribution is -2.13. The number of phenolic OH excluding ortho intramolecular Hbond substituents is 1. The normalized spacial score (nSPS) is 11.9. The van der Waals surface area contributed by atoms with E-state index in [1.807, 2.05) is 79.1 Å². The van der Waals surface area contributed by atoms with Crippen LogP contribution in [0.2, 0.25) is 0 Å². The van der Waals surface area contributed by atoms with E-state index < -0.39 is 16.8 Å². The number of nitrogens with zero attached hydrogens (tertiary/aromatic N) is 3. The van der Waals surface area contributed by atoms with Gasteiger partial charge in [-0.15, -0.1) is 12.4 Å². The second-order valence-corrected chi connectivity index (χ2v) is 9.98. The summed E-state index contributed by atoms with van der Waals surface area (Å²) in [6.07, 6.45) is 3.37. The van der Waals surface area contributed by atoms with Crippen LogP contribution < -0.4 is 0 Å². The van der Waals surface area contributed by atoms with Crippen molar-refractivity contribution in [3.05, 3.63) is 77.7 Å². The number of halogens is 1. The molecular weight excluding hydrogens is 498 g/mol. The van der Waals surface area contributed by atoms with Crippen LogP contribution in [0.5, 0.6) is 5.75 Å². The van der Waals surface area contributed by atoms with Crippen molar-refractivity contribution in [2.75, 3.05) is 20.7 Å². The number of esters is 1. The fourth-order valence-electron chi connectivity index (χ4n) is 4.30. The molecule has 0 amide bonds. The molecule has 0 aliphatic rings. The molecule has 0 spiro atoms. The van der Waals surface area contributed by atoms with Crippen molar-refractivity contribution < 1.29 is 18.8 Å². The first-order valence-corrected chi connectivity index (χ1v) is 12.7. The van der Waals surface area contributed by atoms with E-state index in [1.165, 1.54) is 0 Å². The van der Waals surface area contributed by atoms with Crippen LogP contribution in [0.3, 0.4) is 0 Å². The number of carbonyl (C=O) groups is 1. The number of phenols is 1. The Balaban J connectivity index is 0.00000361. The van der Waals surface area contributed by atoms with Crippen LogP contribution >= 0.6 is 12.4 Å². The average Bonchev–Trinajstić information content (AvgIpc) is 3.13. The first-order valence-electron chi connectivity index (χ1n) is 11.3. The Labute approximate surface area is 219 Å². The van der Waals surface area contributed by atoms with E-state index in [2.05, 4.69) is 4.98 Å². The Hall–Kier alpha value is -3.20. The van der Waals surface area contributed by atoms with E-state index in [0.29, 0.717) is 39.2 Å². The van der Waals surface area contributed by atoms with Crippen LogP contribution in [0, 0.1) is 0 Å². The number of benzene rings is 2. The van der Waals surface area contributed by atoms with Crippen molar-refractivity contribution in [1.29, 1.82) is 0 Å². The van der Waals surface area contributed by atoms with E-state index in [1.54, 1.807) is 19.3 Å². The SMILES string of the molecule is CCOC(=O)c1c(CS(=O)c2ccccc2)n(C)c2cc(-c3cccnc3)c(O)c(CN(C)C)c12.Cl. The minimum absolute atomic E-state index is 0. The van der Waals surface area contributed by atoms with Crippen LogP contribution in [0.1, 0.15) is 28.5 Å². The Morgan fingerprint density at radius 3 is 2.50 bits per heavy atom. The summed E-state index contributed by atoms with van der Waals surface area (Å²) in [4.78, 5) is 20.1. The smallest absolute Gasteiger partial charge is 0.340 e. The molecule has 2 aromatic carbocycles. The maximum atomic E-state index is 13.3. The quantitative estimate of drug-likeness (QED) is 0.328. The minimum atomic E-state index is -1.38. The number of carbonyl (C=O) groups excluding carboxylic acids is 1. The summed E-state index contributed by atoms with van der Waals surface area (Å²) in [5, 5.41) is 12.0. The van der Waals surface area contributed by atoms with Gasteiger partial charge in [-0.1, -0.05) is 24.3 Å². The van der Waals surface area contributed by atoms with Crippen molar-refractivity contribution in [2.45, 2.75) is 24.1 Å². The van der Waals surface area contributed by atoms with Crippen LogP contribution in [0.25, 0.3) is 22.0 Å². The van der Waals surface area contributed by atoms with Crippen molar-refractivity contribution >= 4 is 40.1 Å². The molecule has 36 heavy (non-hydrogen) atoms. The summed E-state index contributed by atoms with van der Waals surface area (Å²) in [5.41, 5.74) is 3.69. The van der Waals surface area contributed by atoms with Crippen molar-refractivity contribution in [3.8, 4) is 16.9 Å². The summed E-state index contributed by atoms with van der Waals surface area (Å²) in [5.74, 6) is -0.272. The van der Waals surface area contributed by atoms with E-state index in [4.69, 9.17) is 4.74 Å². The molecule has 4 aromatic rings. The average molecular weight is 528 g/mol. The molecule has 9 heteroatoms. The van der Waals surface area contributed by atoms with Gasteiger partial charge in [0.1, 0.15) is 5.75 Å². The molecular formula is C27H30ClN3O4S. The van der Waals surface area contributed by atoms with Crippen LogP contribution in [-0.2, 0) is 34.9 Å².